The van der Waals surface area contributed by atoms with E-state index in [9.17, 15) is 0 Å². The minimum Gasteiger partial charge on any atom is -0.260 e. The maximum atomic E-state index is 4.93. The first-order valence-corrected chi connectivity index (χ1v) is 15.7. The van der Waals surface area contributed by atoms with E-state index in [0.29, 0.717) is 0 Å². The van der Waals surface area contributed by atoms with Gasteiger partial charge in [-0.1, -0.05) is 133 Å². The van der Waals surface area contributed by atoms with Crippen molar-refractivity contribution in [1.29, 1.82) is 0 Å². The van der Waals surface area contributed by atoms with Gasteiger partial charge in [0.1, 0.15) is 0 Å². The predicted molar refractivity (Wildman–Crippen MR) is 195 cm³/mol. The number of rotatable bonds is 3. The highest BCUT2D eigenvalue weighted by molar-refractivity contribution is 6.37. The van der Waals surface area contributed by atoms with Gasteiger partial charge in [0.15, 0.2) is 0 Å². The molecule has 0 aliphatic heterocycles. The first-order valence-electron chi connectivity index (χ1n) is 15.7. The van der Waals surface area contributed by atoms with Crippen LogP contribution in [-0.2, 0) is 0 Å². The summed E-state index contributed by atoms with van der Waals surface area (Å²) < 4.78 is 0. The fourth-order valence-electron chi connectivity index (χ4n) is 7.54. The Morgan fingerprint density at radius 2 is 0.783 bits per heavy atom. The van der Waals surface area contributed by atoms with Crippen LogP contribution in [0.1, 0.15) is 0 Å². The number of fused-ring (bicyclic) bond motifs is 2. The quantitative estimate of drug-likeness (QED) is 0.194. The number of hydrogen-bond acceptors (Lipinski definition) is 2. The van der Waals surface area contributed by atoms with Crippen LogP contribution < -0.4 is 0 Å². The summed E-state index contributed by atoms with van der Waals surface area (Å²) in [5, 5.41) is 15.5. The Labute approximate surface area is 265 Å². The van der Waals surface area contributed by atoms with Gasteiger partial charge in [0.05, 0.1) is 23.8 Å². The maximum Gasteiger partial charge on any atom is 0.0892 e. The van der Waals surface area contributed by atoms with E-state index in [1.807, 2.05) is 30.6 Å². The van der Waals surface area contributed by atoms with Gasteiger partial charge in [-0.05, 0) is 87.9 Å². The summed E-state index contributed by atoms with van der Waals surface area (Å²) in [4.78, 5) is 9.44. The summed E-state index contributed by atoms with van der Waals surface area (Å²) >= 11 is 0. The number of benzene rings is 8. The van der Waals surface area contributed by atoms with E-state index in [1.165, 1.54) is 75.8 Å². The Hall–Kier alpha value is -6.12. The summed E-state index contributed by atoms with van der Waals surface area (Å²) in [5.74, 6) is 0. The molecule has 0 unspecified atom stereocenters. The number of aromatic nitrogens is 2. The Bertz CT molecular complexity index is 2770. The van der Waals surface area contributed by atoms with E-state index >= 15 is 0 Å². The monoisotopic (exact) mass is 582 g/mol. The average Bonchev–Trinajstić information content (AvgIpc) is 3.13. The lowest BCUT2D eigenvalue weighted by molar-refractivity contribution is 1.21. The lowest BCUT2D eigenvalue weighted by Gasteiger charge is -2.17. The molecular weight excluding hydrogens is 556 g/mol. The zero-order valence-corrected chi connectivity index (χ0v) is 24.9. The molecule has 0 fully saturated rings. The lowest BCUT2D eigenvalue weighted by Crippen LogP contribution is -1.91. The van der Waals surface area contributed by atoms with Crippen LogP contribution in [0.3, 0.4) is 0 Å². The fraction of sp³-hybridized carbons (Fsp3) is 0. The number of nitrogens with zero attached hydrogens (tertiary/aromatic N) is 2. The lowest BCUT2D eigenvalue weighted by atomic mass is 9.86. The van der Waals surface area contributed by atoms with Crippen molar-refractivity contribution in [3.05, 3.63) is 158 Å². The van der Waals surface area contributed by atoms with Crippen LogP contribution in [0, 0.1) is 0 Å². The summed E-state index contributed by atoms with van der Waals surface area (Å²) in [6.45, 7) is 0. The van der Waals surface area contributed by atoms with Crippen molar-refractivity contribution >= 4 is 64.6 Å². The smallest absolute Gasteiger partial charge is 0.0892 e. The van der Waals surface area contributed by atoms with E-state index in [0.717, 1.165) is 22.5 Å². The van der Waals surface area contributed by atoms with E-state index in [4.69, 9.17) is 4.98 Å². The highest BCUT2D eigenvalue weighted by Crippen LogP contribution is 2.44. The van der Waals surface area contributed by atoms with Gasteiger partial charge < -0.3 is 0 Å². The van der Waals surface area contributed by atoms with Gasteiger partial charge in [0.2, 0.25) is 0 Å². The van der Waals surface area contributed by atoms with E-state index < -0.39 is 0 Å². The van der Waals surface area contributed by atoms with Crippen LogP contribution in [0.25, 0.3) is 98.3 Å². The van der Waals surface area contributed by atoms with Crippen LogP contribution in [0.5, 0.6) is 0 Å². The maximum absolute atomic E-state index is 4.93. The SMILES string of the molecule is c1ccc(-c2cncc(-c3ccc(-c4cc5ccc6cccc7c8cccc9ccc%10cccc(c(c4)c5c67)c%10c98)cc3)n2)cc1. The van der Waals surface area contributed by atoms with E-state index in [2.05, 4.69) is 132 Å². The molecule has 212 valence electrons. The molecule has 0 spiro atoms. The minimum atomic E-state index is 0.867. The largest absolute Gasteiger partial charge is 0.260 e. The third-order valence-electron chi connectivity index (χ3n) is 9.64. The molecule has 0 N–H and O–H groups in total. The van der Waals surface area contributed by atoms with Gasteiger partial charge in [0, 0.05) is 11.1 Å². The summed E-state index contributed by atoms with van der Waals surface area (Å²) in [5.41, 5.74) is 6.23. The predicted octanol–water partition coefficient (Wildman–Crippen LogP) is 11.8. The van der Waals surface area contributed by atoms with Crippen LogP contribution in [0.2, 0.25) is 0 Å². The zero-order chi connectivity index (χ0) is 30.2. The van der Waals surface area contributed by atoms with Gasteiger partial charge in [-0.25, -0.2) is 4.98 Å². The van der Waals surface area contributed by atoms with Crippen LogP contribution in [-0.4, -0.2) is 9.97 Å². The van der Waals surface area contributed by atoms with Crippen molar-refractivity contribution in [1.82, 2.24) is 9.97 Å². The van der Waals surface area contributed by atoms with Gasteiger partial charge in [-0.15, -0.1) is 0 Å². The third kappa shape index (κ3) is 3.71. The Kier molecular flexibility index (Phi) is 5.31. The van der Waals surface area contributed by atoms with E-state index in [1.54, 1.807) is 0 Å². The van der Waals surface area contributed by atoms with E-state index in [-0.39, 0.29) is 0 Å². The second-order valence-electron chi connectivity index (χ2n) is 12.2. The average molecular weight is 583 g/mol. The number of hydrogen-bond donors (Lipinski definition) is 0. The minimum absolute atomic E-state index is 0.867. The highest BCUT2D eigenvalue weighted by atomic mass is 14.8. The van der Waals surface area contributed by atoms with Crippen LogP contribution >= 0.6 is 0 Å². The summed E-state index contributed by atoms with van der Waals surface area (Å²) in [7, 11) is 0. The Morgan fingerprint density at radius 1 is 0.304 bits per heavy atom. The molecular formula is C44H26N2. The topological polar surface area (TPSA) is 25.8 Å². The van der Waals surface area contributed by atoms with Crippen molar-refractivity contribution in [2.45, 2.75) is 0 Å². The fourth-order valence-corrected chi connectivity index (χ4v) is 7.54. The van der Waals surface area contributed by atoms with Crippen molar-refractivity contribution in [3.63, 3.8) is 0 Å². The second kappa shape index (κ2) is 9.69. The molecule has 10 rings (SSSR count). The standard InChI is InChI=1S/C44H26N2/c1-2-7-28(8-3-1)39-25-45-26-40(46-39)29-17-15-27(16-18-29)34-23-33-22-21-32-10-5-13-36-35-12-4-9-30-19-20-31-11-6-14-37(43(31)41(30)35)38(24-34)44(33)42(32)36/h1-26H. The van der Waals surface area contributed by atoms with Gasteiger partial charge in [0.25, 0.3) is 0 Å². The molecule has 0 aliphatic rings. The molecule has 0 saturated carbocycles. The Balaban J connectivity index is 1.24. The van der Waals surface area contributed by atoms with Crippen molar-refractivity contribution in [3.8, 4) is 33.6 Å². The molecule has 0 aliphatic carbocycles. The molecule has 0 bridgehead atoms. The second-order valence-corrected chi connectivity index (χ2v) is 12.2. The van der Waals surface area contributed by atoms with Crippen molar-refractivity contribution < 1.29 is 0 Å². The van der Waals surface area contributed by atoms with Gasteiger partial charge >= 0.3 is 0 Å². The summed E-state index contributed by atoms with van der Waals surface area (Å²) in [6.07, 6.45) is 3.67. The molecule has 46 heavy (non-hydrogen) atoms. The molecule has 0 amide bonds. The molecule has 9 aromatic carbocycles. The molecule has 1 aromatic heterocycles. The van der Waals surface area contributed by atoms with Crippen molar-refractivity contribution in [2.75, 3.05) is 0 Å². The zero-order valence-electron chi connectivity index (χ0n) is 24.9. The summed E-state index contributed by atoms with van der Waals surface area (Å²) in [6, 6.07) is 53.1. The molecule has 0 radical (unpaired) electrons. The molecule has 2 heteroatoms. The molecule has 0 saturated heterocycles. The normalized spacial score (nSPS) is 11.9. The van der Waals surface area contributed by atoms with Gasteiger partial charge in [-0.2, -0.15) is 0 Å². The van der Waals surface area contributed by atoms with Crippen LogP contribution in [0.4, 0.5) is 0 Å². The first kappa shape index (κ1) is 25.2. The third-order valence-corrected chi connectivity index (χ3v) is 9.64. The Morgan fingerprint density at radius 3 is 1.37 bits per heavy atom. The van der Waals surface area contributed by atoms with Crippen molar-refractivity contribution in [2.24, 2.45) is 0 Å². The first-order chi connectivity index (χ1) is 22.8. The molecule has 1 heterocycles. The van der Waals surface area contributed by atoms with Gasteiger partial charge in [-0.3, -0.25) is 4.98 Å². The highest BCUT2D eigenvalue weighted by Gasteiger charge is 2.16. The van der Waals surface area contributed by atoms with Crippen LogP contribution in [0.15, 0.2) is 158 Å². The molecule has 2 nitrogen and oxygen atoms in total. The molecule has 0 atom stereocenters. The molecule has 10 aromatic rings.